The fourth-order valence-corrected chi connectivity index (χ4v) is 2.69. The highest BCUT2D eigenvalue weighted by atomic mass is 16.5. The van der Waals surface area contributed by atoms with Crippen LogP contribution in [0.15, 0.2) is 47.0 Å². The van der Waals surface area contributed by atoms with E-state index in [1.807, 2.05) is 32.0 Å². The van der Waals surface area contributed by atoms with Crippen molar-refractivity contribution in [1.29, 1.82) is 0 Å². The molecule has 1 amide bonds. The van der Waals surface area contributed by atoms with E-state index < -0.39 is 0 Å². The van der Waals surface area contributed by atoms with E-state index in [0.717, 1.165) is 11.1 Å². The molecule has 0 atom stereocenters. The van der Waals surface area contributed by atoms with Gasteiger partial charge in [-0.25, -0.2) is 0 Å². The summed E-state index contributed by atoms with van der Waals surface area (Å²) in [5.74, 6) is 3.00. The van der Waals surface area contributed by atoms with Crippen molar-refractivity contribution in [2.24, 2.45) is 0 Å². The number of aromatic nitrogens is 2. The second-order valence-corrected chi connectivity index (χ2v) is 6.88. The monoisotopic (exact) mass is 411 g/mol. The highest BCUT2D eigenvalue weighted by Crippen LogP contribution is 2.24. The molecular weight excluding hydrogens is 386 g/mol. The standard InChI is InChI=1S/C22H25N3O5/c1-14(2)21-24-22(30-25-21)15-5-7-17(8-6-15)29-13-20(26)23-12-16-11-18(27-3)9-10-19(16)28-4/h5-11,14H,12-13H2,1-4H3,(H,23,26). The van der Waals surface area contributed by atoms with Gasteiger partial charge in [-0.2, -0.15) is 4.98 Å². The average molecular weight is 411 g/mol. The molecule has 1 heterocycles. The van der Waals surface area contributed by atoms with Gasteiger partial charge < -0.3 is 24.1 Å². The summed E-state index contributed by atoms with van der Waals surface area (Å²) in [5, 5.41) is 6.77. The summed E-state index contributed by atoms with van der Waals surface area (Å²) in [5.41, 5.74) is 1.60. The minimum Gasteiger partial charge on any atom is -0.497 e. The Balaban J connectivity index is 1.52. The summed E-state index contributed by atoms with van der Waals surface area (Å²) in [6.45, 7) is 4.20. The summed E-state index contributed by atoms with van der Waals surface area (Å²) >= 11 is 0. The van der Waals surface area contributed by atoms with E-state index >= 15 is 0 Å². The Hall–Kier alpha value is -3.55. The lowest BCUT2D eigenvalue weighted by Gasteiger charge is -2.12. The third-order valence-electron chi connectivity index (χ3n) is 4.39. The van der Waals surface area contributed by atoms with Crippen LogP contribution in [0, 0.1) is 0 Å². The summed E-state index contributed by atoms with van der Waals surface area (Å²) in [4.78, 5) is 16.5. The first-order valence-corrected chi connectivity index (χ1v) is 9.54. The summed E-state index contributed by atoms with van der Waals surface area (Å²) in [6.07, 6.45) is 0. The predicted molar refractivity (Wildman–Crippen MR) is 111 cm³/mol. The molecule has 3 rings (SSSR count). The molecule has 30 heavy (non-hydrogen) atoms. The summed E-state index contributed by atoms with van der Waals surface area (Å²) in [7, 11) is 3.17. The zero-order valence-electron chi connectivity index (χ0n) is 17.5. The van der Waals surface area contributed by atoms with E-state index in [4.69, 9.17) is 18.7 Å². The number of nitrogens with one attached hydrogen (secondary N) is 1. The third kappa shape index (κ3) is 5.28. The van der Waals surface area contributed by atoms with Crippen LogP contribution in [-0.4, -0.2) is 36.9 Å². The van der Waals surface area contributed by atoms with Gasteiger partial charge in [0.1, 0.15) is 17.2 Å². The molecule has 0 spiro atoms. The van der Waals surface area contributed by atoms with Crippen LogP contribution in [0.5, 0.6) is 17.2 Å². The van der Waals surface area contributed by atoms with Gasteiger partial charge in [-0.1, -0.05) is 19.0 Å². The van der Waals surface area contributed by atoms with Crippen LogP contribution in [0.2, 0.25) is 0 Å². The molecule has 0 fully saturated rings. The number of hydrogen-bond donors (Lipinski definition) is 1. The first-order chi connectivity index (χ1) is 14.5. The van der Waals surface area contributed by atoms with Gasteiger partial charge in [-0.15, -0.1) is 0 Å². The zero-order chi connectivity index (χ0) is 21.5. The van der Waals surface area contributed by atoms with Gasteiger partial charge in [0.05, 0.1) is 14.2 Å². The Bertz CT molecular complexity index is 983. The van der Waals surface area contributed by atoms with E-state index in [0.29, 0.717) is 35.5 Å². The van der Waals surface area contributed by atoms with Crippen molar-refractivity contribution in [2.45, 2.75) is 26.3 Å². The van der Waals surface area contributed by atoms with Crippen LogP contribution >= 0.6 is 0 Å². The van der Waals surface area contributed by atoms with Crippen LogP contribution in [-0.2, 0) is 11.3 Å². The summed E-state index contributed by atoms with van der Waals surface area (Å²) < 4.78 is 21.4. The van der Waals surface area contributed by atoms with Gasteiger partial charge in [0, 0.05) is 23.6 Å². The SMILES string of the molecule is COc1ccc(OC)c(CNC(=O)COc2ccc(-c3nc(C(C)C)no3)cc2)c1. The van der Waals surface area contributed by atoms with Crippen molar-refractivity contribution in [2.75, 3.05) is 20.8 Å². The molecule has 0 radical (unpaired) electrons. The second-order valence-electron chi connectivity index (χ2n) is 6.88. The Labute approximate surface area is 175 Å². The van der Waals surface area contributed by atoms with Gasteiger partial charge >= 0.3 is 0 Å². The van der Waals surface area contributed by atoms with E-state index in [-0.39, 0.29) is 18.4 Å². The lowest BCUT2D eigenvalue weighted by Crippen LogP contribution is -2.28. The van der Waals surface area contributed by atoms with Gasteiger partial charge in [-0.3, -0.25) is 4.79 Å². The third-order valence-corrected chi connectivity index (χ3v) is 4.39. The van der Waals surface area contributed by atoms with Gasteiger partial charge in [0.25, 0.3) is 11.8 Å². The molecule has 3 aromatic rings. The van der Waals surface area contributed by atoms with Crippen molar-refractivity contribution >= 4 is 5.91 Å². The molecule has 0 aliphatic heterocycles. The first-order valence-electron chi connectivity index (χ1n) is 9.54. The molecule has 0 aliphatic carbocycles. The molecule has 0 saturated heterocycles. The maximum Gasteiger partial charge on any atom is 0.258 e. The maximum absolute atomic E-state index is 12.2. The van der Waals surface area contributed by atoms with E-state index in [2.05, 4.69) is 15.5 Å². The number of carbonyl (C=O) groups is 1. The Kier molecular flexibility index (Phi) is 6.90. The fourth-order valence-electron chi connectivity index (χ4n) is 2.69. The zero-order valence-corrected chi connectivity index (χ0v) is 17.5. The Morgan fingerprint density at radius 3 is 2.43 bits per heavy atom. The molecule has 0 bridgehead atoms. The Morgan fingerprint density at radius 2 is 1.80 bits per heavy atom. The number of methoxy groups -OCH3 is 2. The number of ether oxygens (including phenoxy) is 3. The minimum atomic E-state index is -0.248. The molecular formula is C22H25N3O5. The molecule has 0 unspecified atom stereocenters. The topological polar surface area (TPSA) is 95.7 Å². The van der Waals surface area contributed by atoms with Crippen molar-refractivity contribution in [3.8, 4) is 28.7 Å². The highest BCUT2D eigenvalue weighted by Gasteiger charge is 2.12. The van der Waals surface area contributed by atoms with E-state index in [1.165, 1.54) is 0 Å². The molecule has 1 aromatic heterocycles. The number of rotatable bonds is 9. The first kappa shape index (κ1) is 21.2. The maximum atomic E-state index is 12.2. The minimum absolute atomic E-state index is 0.107. The summed E-state index contributed by atoms with van der Waals surface area (Å²) in [6, 6.07) is 12.6. The smallest absolute Gasteiger partial charge is 0.258 e. The van der Waals surface area contributed by atoms with Crippen LogP contribution in [0.1, 0.15) is 31.2 Å². The molecule has 0 aliphatic rings. The fraction of sp³-hybridized carbons (Fsp3) is 0.318. The quantitative estimate of drug-likeness (QED) is 0.575. The molecule has 8 heteroatoms. The normalized spacial score (nSPS) is 10.7. The number of benzene rings is 2. The Morgan fingerprint density at radius 1 is 1.07 bits per heavy atom. The van der Waals surface area contributed by atoms with Gasteiger partial charge in [-0.05, 0) is 42.5 Å². The molecule has 8 nitrogen and oxygen atoms in total. The number of amides is 1. The van der Waals surface area contributed by atoms with E-state index in [1.54, 1.807) is 38.5 Å². The van der Waals surface area contributed by atoms with Gasteiger partial charge in [0.15, 0.2) is 12.4 Å². The molecule has 158 valence electrons. The van der Waals surface area contributed by atoms with Crippen molar-refractivity contribution in [3.05, 3.63) is 53.9 Å². The molecule has 0 saturated carbocycles. The van der Waals surface area contributed by atoms with Crippen LogP contribution in [0.4, 0.5) is 0 Å². The number of nitrogens with zero attached hydrogens (tertiary/aromatic N) is 2. The average Bonchev–Trinajstić information content (AvgIpc) is 3.27. The number of carbonyl (C=O) groups excluding carboxylic acids is 1. The predicted octanol–water partition coefficient (Wildman–Crippen LogP) is 3.57. The molecule has 1 N–H and O–H groups in total. The largest absolute Gasteiger partial charge is 0.497 e. The van der Waals surface area contributed by atoms with Crippen LogP contribution < -0.4 is 19.5 Å². The highest BCUT2D eigenvalue weighted by molar-refractivity contribution is 5.77. The molecule has 2 aromatic carbocycles. The number of hydrogen-bond acceptors (Lipinski definition) is 7. The van der Waals surface area contributed by atoms with Crippen molar-refractivity contribution in [3.63, 3.8) is 0 Å². The van der Waals surface area contributed by atoms with Gasteiger partial charge in [0.2, 0.25) is 0 Å². The second kappa shape index (κ2) is 9.78. The van der Waals surface area contributed by atoms with Crippen molar-refractivity contribution in [1.82, 2.24) is 15.5 Å². The lowest BCUT2D eigenvalue weighted by molar-refractivity contribution is -0.123. The van der Waals surface area contributed by atoms with Crippen LogP contribution in [0.25, 0.3) is 11.5 Å². The lowest BCUT2D eigenvalue weighted by atomic mass is 10.2. The van der Waals surface area contributed by atoms with E-state index in [9.17, 15) is 4.79 Å². The van der Waals surface area contributed by atoms with Crippen molar-refractivity contribution < 1.29 is 23.5 Å². The van der Waals surface area contributed by atoms with Crippen LogP contribution in [0.3, 0.4) is 0 Å².